The van der Waals surface area contributed by atoms with Crippen molar-refractivity contribution in [3.63, 3.8) is 0 Å². The van der Waals surface area contributed by atoms with Crippen molar-refractivity contribution in [2.45, 2.75) is 82.7 Å². The van der Waals surface area contributed by atoms with E-state index in [1.807, 2.05) is 48.5 Å². The number of hydrogen-bond donors (Lipinski definition) is 3. The third-order valence-electron chi connectivity index (χ3n) is 8.53. The van der Waals surface area contributed by atoms with Crippen molar-refractivity contribution >= 4 is 40.2 Å². The number of para-hydroxylation sites is 2. The Balaban J connectivity index is 1.34. The summed E-state index contributed by atoms with van der Waals surface area (Å²) in [5.74, 6) is -3.28. The third kappa shape index (κ3) is 7.38. The van der Waals surface area contributed by atoms with E-state index in [0.717, 1.165) is 49.6 Å². The van der Waals surface area contributed by atoms with Gasteiger partial charge in [0, 0.05) is 30.7 Å². The van der Waals surface area contributed by atoms with Crippen LogP contribution in [-0.2, 0) is 25.6 Å². The molecule has 2 fully saturated rings. The minimum absolute atomic E-state index is 0.0515. The average Bonchev–Trinajstić information content (AvgIpc) is 3.63. The first-order valence-electron chi connectivity index (χ1n) is 15.1. The minimum atomic E-state index is -1.15. The van der Waals surface area contributed by atoms with Crippen molar-refractivity contribution < 1.29 is 24.0 Å². The lowest BCUT2D eigenvalue weighted by Crippen LogP contribution is -2.52. The first-order chi connectivity index (χ1) is 20.4. The van der Waals surface area contributed by atoms with Gasteiger partial charge in [0.2, 0.25) is 11.7 Å². The maximum atomic E-state index is 13.8. The molecule has 9 heteroatoms. The Bertz CT molecular complexity index is 1410. The number of rotatable bonds is 12. The van der Waals surface area contributed by atoms with Crippen LogP contribution in [0.1, 0.15) is 80.4 Å². The number of hydrogen-bond acceptors (Lipinski definition) is 6. The molecule has 0 spiro atoms. The summed E-state index contributed by atoms with van der Waals surface area (Å²) in [7, 11) is 0. The van der Waals surface area contributed by atoms with Crippen molar-refractivity contribution in [3.05, 3.63) is 66.0 Å². The number of carbonyl (C=O) groups excluding carboxylic acids is 5. The van der Waals surface area contributed by atoms with Crippen molar-refractivity contribution in [1.82, 2.24) is 20.6 Å². The van der Waals surface area contributed by atoms with Crippen LogP contribution in [0, 0.1) is 11.8 Å². The fourth-order valence-electron chi connectivity index (χ4n) is 6.17. The fourth-order valence-corrected chi connectivity index (χ4v) is 6.17. The van der Waals surface area contributed by atoms with Gasteiger partial charge in [0.1, 0.15) is 5.78 Å². The second-order valence-corrected chi connectivity index (χ2v) is 11.6. The molecule has 2 aliphatic rings. The van der Waals surface area contributed by atoms with Crippen molar-refractivity contribution in [2.75, 3.05) is 0 Å². The standard InChI is InChI=1S/C33H38N4O5/c38-28-17-9-12-22(28)19-27(30(40)33(42)34-24-13-5-2-6-14-24)37-32(41)23(18-21-10-3-1-4-11-21)20-29(39)31-35-25-15-7-8-16-26(25)36-31/h1,3-4,7-8,10-11,15-16,22-24,27H,2,5-6,9,12-14,17-20H2,(H,34,42)(H,35,36)(H,37,41)/t22-,23+,27-/m0/s1. The number of ketones is 3. The number of nitrogens with zero attached hydrogens (tertiary/aromatic N) is 1. The number of carbonyl (C=O) groups is 5. The second kappa shape index (κ2) is 13.7. The van der Waals surface area contributed by atoms with Crippen LogP contribution in [0.4, 0.5) is 0 Å². The van der Waals surface area contributed by atoms with E-state index in [4.69, 9.17) is 0 Å². The van der Waals surface area contributed by atoms with Crippen LogP contribution in [0.3, 0.4) is 0 Å². The fraction of sp³-hybridized carbons (Fsp3) is 0.455. The van der Waals surface area contributed by atoms with Crippen LogP contribution in [0.25, 0.3) is 11.0 Å². The first kappa shape index (κ1) is 29.4. The predicted octanol–water partition coefficient (Wildman–Crippen LogP) is 4.26. The largest absolute Gasteiger partial charge is 0.347 e. The van der Waals surface area contributed by atoms with E-state index in [1.165, 1.54) is 0 Å². The van der Waals surface area contributed by atoms with Gasteiger partial charge >= 0.3 is 0 Å². The number of benzene rings is 2. The zero-order valence-corrected chi connectivity index (χ0v) is 23.8. The lowest BCUT2D eigenvalue weighted by atomic mass is 9.90. The summed E-state index contributed by atoms with van der Waals surface area (Å²) in [6.07, 6.45) is 6.74. The molecule has 9 nitrogen and oxygen atoms in total. The van der Waals surface area contributed by atoms with E-state index < -0.39 is 29.6 Å². The van der Waals surface area contributed by atoms with Crippen LogP contribution in [-0.4, -0.2) is 51.2 Å². The van der Waals surface area contributed by atoms with Crippen LogP contribution >= 0.6 is 0 Å². The minimum Gasteiger partial charge on any atom is -0.347 e. The van der Waals surface area contributed by atoms with E-state index in [0.29, 0.717) is 18.4 Å². The zero-order valence-electron chi connectivity index (χ0n) is 23.8. The average molecular weight is 571 g/mol. The van der Waals surface area contributed by atoms with Crippen molar-refractivity contribution in [1.29, 1.82) is 0 Å². The molecule has 42 heavy (non-hydrogen) atoms. The molecule has 0 aliphatic heterocycles. The summed E-state index contributed by atoms with van der Waals surface area (Å²) in [4.78, 5) is 73.5. The van der Waals surface area contributed by atoms with Crippen LogP contribution in [0.5, 0.6) is 0 Å². The number of nitrogens with one attached hydrogen (secondary N) is 3. The molecule has 0 unspecified atom stereocenters. The Morgan fingerprint density at radius 2 is 1.64 bits per heavy atom. The SMILES string of the molecule is O=C(NC1CCCCC1)C(=O)[C@H](C[C@@H]1CCCC1=O)NC(=O)[C@@H](CC(=O)c1nc2ccccc2[nH]1)Cc1ccccc1. The number of Topliss-reactive ketones (excluding diaryl/α,β-unsaturated/α-hetero) is 3. The van der Waals surface area contributed by atoms with E-state index in [9.17, 15) is 24.0 Å². The van der Waals surface area contributed by atoms with E-state index in [-0.39, 0.29) is 48.6 Å². The molecule has 5 rings (SSSR count). The van der Waals surface area contributed by atoms with Crippen molar-refractivity contribution in [2.24, 2.45) is 11.8 Å². The Kier molecular flexibility index (Phi) is 9.56. The molecule has 220 valence electrons. The van der Waals surface area contributed by atoms with Gasteiger partial charge < -0.3 is 15.6 Å². The highest BCUT2D eigenvalue weighted by molar-refractivity contribution is 6.38. The smallest absolute Gasteiger partial charge is 0.289 e. The Hall–Kier alpha value is -4.14. The van der Waals surface area contributed by atoms with Crippen LogP contribution in [0.2, 0.25) is 0 Å². The summed E-state index contributed by atoms with van der Waals surface area (Å²) in [6.45, 7) is 0. The van der Waals surface area contributed by atoms with Gasteiger partial charge in [-0.25, -0.2) is 4.98 Å². The van der Waals surface area contributed by atoms with E-state index in [2.05, 4.69) is 20.6 Å². The number of H-pyrrole nitrogens is 1. The molecule has 3 aromatic rings. The van der Waals surface area contributed by atoms with Gasteiger partial charge in [-0.05, 0) is 56.2 Å². The molecular formula is C33H38N4O5. The number of aromatic amines is 1. The molecule has 0 radical (unpaired) electrons. The molecule has 2 saturated carbocycles. The van der Waals surface area contributed by atoms with Gasteiger partial charge in [-0.15, -0.1) is 0 Å². The number of fused-ring (bicyclic) bond motifs is 1. The summed E-state index contributed by atoms with van der Waals surface area (Å²) in [5, 5.41) is 5.65. The first-order valence-corrected chi connectivity index (χ1v) is 15.1. The number of amides is 2. The zero-order chi connectivity index (χ0) is 29.5. The number of aromatic nitrogens is 2. The van der Waals surface area contributed by atoms with Crippen LogP contribution in [0.15, 0.2) is 54.6 Å². The van der Waals surface area contributed by atoms with Gasteiger partial charge in [0.05, 0.1) is 17.1 Å². The highest BCUT2D eigenvalue weighted by Gasteiger charge is 2.36. The maximum Gasteiger partial charge on any atom is 0.289 e. The summed E-state index contributed by atoms with van der Waals surface area (Å²) in [6, 6.07) is 15.4. The molecule has 1 aromatic heterocycles. The molecular weight excluding hydrogens is 532 g/mol. The molecule has 0 saturated heterocycles. The third-order valence-corrected chi connectivity index (χ3v) is 8.53. The van der Waals surface area contributed by atoms with Gasteiger partial charge in [-0.1, -0.05) is 61.7 Å². The second-order valence-electron chi connectivity index (χ2n) is 11.6. The number of imidazole rings is 1. The molecule has 2 aliphatic carbocycles. The van der Waals surface area contributed by atoms with Crippen molar-refractivity contribution in [3.8, 4) is 0 Å². The Morgan fingerprint density at radius 3 is 2.36 bits per heavy atom. The quantitative estimate of drug-likeness (QED) is 0.220. The van der Waals surface area contributed by atoms with Gasteiger partial charge in [-0.3, -0.25) is 24.0 Å². The highest BCUT2D eigenvalue weighted by atomic mass is 16.2. The molecule has 1 heterocycles. The summed E-state index contributed by atoms with van der Waals surface area (Å²) >= 11 is 0. The molecule has 0 bridgehead atoms. The van der Waals surface area contributed by atoms with E-state index in [1.54, 1.807) is 6.07 Å². The van der Waals surface area contributed by atoms with Gasteiger partial charge in [-0.2, -0.15) is 0 Å². The molecule has 2 amide bonds. The Labute approximate surface area is 245 Å². The summed E-state index contributed by atoms with van der Waals surface area (Å²) < 4.78 is 0. The van der Waals surface area contributed by atoms with Crippen LogP contribution < -0.4 is 10.6 Å². The highest BCUT2D eigenvalue weighted by Crippen LogP contribution is 2.27. The monoisotopic (exact) mass is 570 g/mol. The molecule has 2 aromatic carbocycles. The maximum absolute atomic E-state index is 13.8. The van der Waals surface area contributed by atoms with Gasteiger partial charge in [0.15, 0.2) is 11.6 Å². The normalized spacial score (nSPS) is 18.9. The lowest BCUT2D eigenvalue weighted by Gasteiger charge is -2.26. The summed E-state index contributed by atoms with van der Waals surface area (Å²) in [5.41, 5.74) is 2.24. The predicted molar refractivity (Wildman–Crippen MR) is 158 cm³/mol. The molecule has 3 atom stereocenters. The van der Waals surface area contributed by atoms with Gasteiger partial charge in [0.25, 0.3) is 5.91 Å². The van der Waals surface area contributed by atoms with E-state index >= 15 is 0 Å². The lowest BCUT2D eigenvalue weighted by molar-refractivity contribution is -0.141. The topological polar surface area (TPSA) is 138 Å². The molecule has 3 N–H and O–H groups in total. The Morgan fingerprint density at radius 1 is 0.905 bits per heavy atom.